The average molecular weight is 529 g/mol. The Bertz CT molecular complexity index is 1990. The molecule has 2 heterocycles. The van der Waals surface area contributed by atoms with Crippen LogP contribution in [-0.2, 0) is 0 Å². The fraction of sp³-hybridized carbons (Fsp3) is 0. The number of hydrogen-bond acceptors (Lipinski definition) is 2. The molecule has 0 aliphatic carbocycles. The summed E-state index contributed by atoms with van der Waals surface area (Å²) in [4.78, 5) is 2.61. The van der Waals surface area contributed by atoms with Crippen molar-refractivity contribution in [1.29, 1.82) is 0 Å². The van der Waals surface area contributed by atoms with Crippen molar-refractivity contribution in [2.45, 2.75) is 9.79 Å². The van der Waals surface area contributed by atoms with Crippen LogP contribution in [0.15, 0.2) is 160 Å². The van der Waals surface area contributed by atoms with E-state index in [-0.39, 0.29) is 0 Å². The second-order valence-electron chi connectivity index (χ2n) is 10.2. The zero-order valence-corrected chi connectivity index (χ0v) is 22.5. The van der Waals surface area contributed by atoms with Crippen molar-refractivity contribution < 1.29 is 4.42 Å². The van der Waals surface area contributed by atoms with Crippen molar-refractivity contribution in [1.82, 2.24) is 0 Å². The molecule has 0 radical (unpaired) electrons. The molecule has 188 valence electrons. The molecule has 1 aliphatic rings. The summed E-state index contributed by atoms with van der Waals surface area (Å²) in [6.07, 6.45) is 0. The third-order valence-corrected chi connectivity index (χ3v) is 8.88. The van der Waals surface area contributed by atoms with Crippen LogP contribution in [0.1, 0.15) is 0 Å². The van der Waals surface area contributed by atoms with Crippen LogP contribution in [0.3, 0.4) is 0 Å². The summed E-state index contributed by atoms with van der Waals surface area (Å²) in [5.41, 5.74) is 9.59. The monoisotopic (exact) mass is 528 g/mol. The molecule has 0 amide bonds. The van der Waals surface area contributed by atoms with Gasteiger partial charge >= 0.3 is 0 Å². The number of hydrogen-bond donors (Lipinski definition) is 0. The van der Waals surface area contributed by atoms with Gasteiger partial charge in [-0.3, -0.25) is 0 Å². The highest BCUT2D eigenvalue weighted by molar-refractivity contribution is 7.99. The molecule has 0 atom stereocenters. The van der Waals surface area contributed by atoms with Crippen molar-refractivity contribution in [2.75, 3.05) is 0 Å². The maximum Gasteiger partial charge on any atom is 0.134 e. The van der Waals surface area contributed by atoms with E-state index in [4.69, 9.17) is 4.42 Å². The first-order chi connectivity index (χ1) is 19.8. The first kappa shape index (κ1) is 23.1. The fourth-order valence-electron chi connectivity index (χ4n) is 5.68. The Hall–Kier alpha value is -4.79. The molecule has 0 spiro atoms. The normalized spacial score (nSPS) is 11.9. The van der Waals surface area contributed by atoms with Crippen molar-refractivity contribution >= 4 is 22.5 Å². The molecule has 1 nitrogen and oxygen atoms in total. The highest BCUT2D eigenvalue weighted by atomic mass is 32.2. The van der Waals surface area contributed by atoms with Gasteiger partial charge < -0.3 is 4.42 Å². The molecule has 0 saturated carbocycles. The lowest BCUT2D eigenvalue weighted by atomic mass is 9.96. The minimum Gasteiger partial charge on any atom is -0.456 e. The largest absolute Gasteiger partial charge is 0.456 e. The summed E-state index contributed by atoms with van der Waals surface area (Å²) >= 11 is 1.85. The zero-order valence-electron chi connectivity index (χ0n) is 21.7. The van der Waals surface area contributed by atoms with Gasteiger partial charge in [-0.15, -0.1) is 0 Å². The van der Waals surface area contributed by atoms with E-state index < -0.39 is 0 Å². The minimum atomic E-state index is 0.875. The van der Waals surface area contributed by atoms with Gasteiger partial charge in [0.05, 0.1) is 0 Å². The Morgan fingerprint density at radius 1 is 0.375 bits per heavy atom. The number of fused-ring (bicyclic) bond motifs is 2. The van der Waals surface area contributed by atoms with Crippen LogP contribution in [-0.4, -0.2) is 0 Å². The van der Waals surface area contributed by atoms with Crippen LogP contribution in [0.2, 0.25) is 0 Å². The summed E-state index contributed by atoms with van der Waals surface area (Å²) in [7, 11) is 0. The van der Waals surface area contributed by atoms with Crippen molar-refractivity contribution in [2.24, 2.45) is 0 Å². The molecule has 1 aromatic heterocycles. The van der Waals surface area contributed by atoms with Gasteiger partial charge in [-0.2, -0.15) is 0 Å². The molecule has 0 bridgehead atoms. The van der Waals surface area contributed by atoms with Crippen LogP contribution in [0.4, 0.5) is 0 Å². The Balaban J connectivity index is 1.07. The maximum atomic E-state index is 6.39. The predicted octanol–water partition coefficient (Wildman–Crippen LogP) is 11.2. The van der Waals surface area contributed by atoms with E-state index in [0.717, 1.165) is 22.6 Å². The van der Waals surface area contributed by atoms with Gasteiger partial charge in [-0.1, -0.05) is 127 Å². The molecule has 0 unspecified atom stereocenters. The summed E-state index contributed by atoms with van der Waals surface area (Å²) in [5.74, 6) is 1.76. The average Bonchev–Trinajstić information content (AvgIpc) is 3.52. The van der Waals surface area contributed by atoms with Gasteiger partial charge in [-0.25, -0.2) is 0 Å². The molecule has 7 aromatic rings. The topological polar surface area (TPSA) is 13.1 Å². The molecule has 8 rings (SSSR count). The number of rotatable bonds is 4. The van der Waals surface area contributed by atoms with Crippen LogP contribution in [0.5, 0.6) is 0 Å². The van der Waals surface area contributed by atoms with E-state index in [2.05, 4.69) is 140 Å². The van der Waals surface area contributed by atoms with Gasteiger partial charge in [0.2, 0.25) is 0 Å². The Morgan fingerprint density at radius 2 is 0.950 bits per heavy atom. The van der Waals surface area contributed by atoms with E-state index in [1.807, 2.05) is 17.8 Å². The maximum absolute atomic E-state index is 6.39. The first-order valence-corrected chi connectivity index (χ1v) is 14.3. The smallest absolute Gasteiger partial charge is 0.134 e. The highest BCUT2D eigenvalue weighted by Gasteiger charge is 2.20. The second-order valence-corrected chi connectivity index (χ2v) is 11.2. The van der Waals surface area contributed by atoms with Crippen molar-refractivity contribution in [3.05, 3.63) is 146 Å². The number of furan rings is 1. The Labute approximate surface area is 237 Å². The molecule has 0 fully saturated rings. The van der Waals surface area contributed by atoms with Crippen molar-refractivity contribution in [3.8, 4) is 56.0 Å². The van der Waals surface area contributed by atoms with E-state index >= 15 is 0 Å². The van der Waals surface area contributed by atoms with Gasteiger partial charge in [0, 0.05) is 26.3 Å². The minimum absolute atomic E-state index is 0.875. The third-order valence-electron chi connectivity index (χ3n) is 7.74. The van der Waals surface area contributed by atoms with Crippen LogP contribution < -0.4 is 0 Å². The fourth-order valence-corrected chi connectivity index (χ4v) is 6.81. The van der Waals surface area contributed by atoms with E-state index in [9.17, 15) is 0 Å². The van der Waals surface area contributed by atoms with E-state index in [1.54, 1.807) is 0 Å². The van der Waals surface area contributed by atoms with Gasteiger partial charge in [0.1, 0.15) is 11.5 Å². The molecule has 0 N–H and O–H groups in total. The Morgan fingerprint density at radius 3 is 1.65 bits per heavy atom. The van der Waals surface area contributed by atoms with Gasteiger partial charge in [0.15, 0.2) is 0 Å². The molecule has 6 aromatic carbocycles. The van der Waals surface area contributed by atoms with Gasteiger partial charge in [-0.05, 0) is 69.1 Å². The standard InChI is InChI=1S/C38H24OS/c1-2-6-25(7-3-1)26-12-14-27(15-13-26)28-16-18-29(19-17-28)34-21-22-35(39-34)31-20-23-36-33(24-31)32-10-4-8-30-9-5-11-37(40-36)38(30)32/h1-24H. The van der Waals surface area contributed by atoms with Gasteiger partial charge in [0.25, 0.3) is 0 Å². The van der Waals surface area contributed by atoms with Crippen LogP contribution in [0.25, 0.3) is 66.8 Å². The molecular formula is C38H24OS. The highest BCUT2D eigenvalue weighted by Crippen LogP contribution is 2.48. The summed E-state index contributed by atoms with van der Waals surface area (Å²) in [6.45, 7) is 0. The summed E-state index contributed by atoms with van der Waals surface area (Å²) in [5, 5.41) is 2.63. The summed E-state index contributed by atoms with van der Waals surface area (Å²) < 4.78 is 6.39. The zero-order chi connectivity index (χ0) is 26.5. The molecule has 2 heteroatoms. The lowest BCUT2D eigenvalue weighted by Crippen LogP contribution is -1.93. The predicted molar refractivity (Wildman–Crippen MR) is 168 cm³/mol. The SMILES string of the molecule is c1ccc(-c2ccc(-c3ccc(-c4ccc(-c5ccc6c(c5)-c5cccc7cccc(c57)S6)o4)cc3)cc2)cc1. The lowest BCUT2D eigenvalue weighted by Gasteiger charge is -2.20. The van der Waals surface area contributed by atoms with Crippen molar-refractivity contribution in [3.63, 3.8) is 0 Å². The molecular weight excluding hydrogens is 504 g/mol. The second kappa shape index (κ2) is 9.44. The Kier molecular flexibility index (Phi) is 5.46. The third kappa shape index (κ3) is 3.97. The van der Waals surface area contributed by atoms with Crippen LogP contribution >= 0.6 is 11.8 Å². The molecule has 1 aliphatic heterocycles. The first-order valence-electron chi connectivity index (χ1n) is 13.5. The van der Waals surface area contributed by atoms with E-state index in [1.165, 1.54) is 53.9 Å². The quantitative estimate of drug-likeness (QED) is 0.225. The summed E-state index contributed by atoms with van der Waals surface area (Å²) in [6, 6.07) is 51.8. The lowest BCUT2D eigenvalue weighted by molar-refractivity contribution is 0.597. The molecule has 0 saturated heterocycles. The molecule has 40 heavy (non-hydrogen) atoms. The number of benzene rings is 6. The van der Waals surface area contributed by atoms with Crippen LogP contribution in [0, 0.1) is 0 Å². The van der Waals surface area contributed by atoms with E-state index in [0.29, 0.717) is 0 Å².